The van der Waals surface area contributed by atoms with Crippen molar-refractivity contribution in [1.82, 2.24) is 5.32 Å². The molecule has 0 bridgehead atoms. The van der Waals surface area contributed by atoms with Crippen molar-refractivity contribution in [3.05, 3.63) is 29.8 Å². The predicted octanol–water partition coefficient (Wildman–Crippen LogP) is 2.41. The van der Waals surface area contributed by atoms with Crippen LogP contribution >= 0.6 is 11.8 Å². The van der Waals surface area contributed by atoms with Crippen molar-refractivity contribution in [2.75, 3.05) is 18.6 Å². The first kappa shape index (κ1) is 17.4. The molecule has 0 saturated heterocycles. The Morgan fingerprint density at radius 2 is 2.19 bits per heavy atom. The lowest BCUT2D eigenvalue weighted by molar-refractivity contribution is -0.139. The Labute approximate surface area is 129 Å². The number of ether oxygens (including phenoxy) is 1. The molecule has 2 N–H and O–H groups in total. The van der Waals surface area contributed by atoms with Gasteiger partial charge in [0.2, 0.25) is 0 Å². The summed E-state index contributed by atoms with van der Waals surface area (Å²) in [7, 11) is 0. The standard InChI is InChI=1S/C15H21NO4S/c1-3-8-20-12-6-4-5-11(10-12)14(17)16-13(15(18)19)7-9-21-2/h4-6,10,13H,3,7-9H2,1-2H3,(H,16,17)(H,18,19)/t13-/m1/s1. The Hall–Kier alpha value is -1.69. The molecular formula is C15H21NO4S. The zero-order chi connectivity index (χ0) is 15.7. The molecule has 5 nitrogen and oxygen atoms in total. The number of thioether (sulfide) groups is 1. The number of carboxylic acids is 1. The summed E-state index contributed by atoms with van der Waals surface area (Å²) in [6.45, 7) is 2.58. The zero-order valence-electron chi connectivity index (χ0n) is 12.3. The summed E-state index contributed by atoms with van der Waals surface area (Å²) in [6.07, 6.45) is 3.18. The van der Waals surface area contributed by atoms with E-state index in [0.717, 1.165) is 6.42 Å². The van der Waals surface area contributed by atoms with E-state index in [2.05, 4.69) is 5.32 Å². The van der Waals surface area contributed by atoms with E-state index in [0.29, 0.717) is 30.1 Å². The average molecular weight is 311 g/mol. The highest BCUT2D eigenvalue weighted by atomic mass is 32.2. The molecule has 0 aromatic heterocycles. The number of benzene rings is 1. The zero-order valence-corrected chi connectivity index (χ0v) is 13.1. The molecule has 0 radical (unpaired) electrons. The normalized spacial score (nSPS) is 11.7. The van der Waals surface area contributed by atoms with Crippen LogP contribution in [0.15, 0.2) is 24.3 Å². The van der Waals surface area contributed by atoms with Crippen LogP contribution in [0.5, 0.6) is 5.75 Å². The molecule has 6 heteroatoms. The Bertz CT molecular complexity index is 478. The molecule has 0 unspecified atom stereocenters. The fourth-order valence-corrected chi connectivity index (χ4v) is 2.15. The van der Waals surface area contributed by atoms with Crippen LogP contribution in [0.2, 0.25) is 0 Å². The molecule has 0 fully saturated rings. The smallest absolute Gasteiger partial charge is 0.326 e. The molecule has 0 aliphatic heterocycles. The highest BCUT2D eigenvalue weighted by molar-refractivity contribution is 7.98. The molecule has 0 heterocycles. The van der Waals surface area contributed by atoms with E-state index in [-0.39, 0.29) is 0 Å². The van der Waals surface area contributed by atoms with Gasteiger partial charge in [-0.05, 0) is 43.0 Å². The van der Waals surface area contributed by atoms with Gasteiger partial charge in [0.15, 0.2) is 0 Å². The summed E-state index contributed by atoms with van der Waals surface area (Å²) < 4.78 is 5.46. The van der Waals surface area contributed by atoms with Crippen molar-refractivity contribution in [3.8, 4) is 5.75 Å². The van der Waals surface area contributed by atoms with Crippen molar-refractivity contribution in [1.29, 1.82) is 0 Å². The van der Waals surface area contributed by atoms with Gasteiger partial charge in [-0.3, -0.25) is 4.79 Å². The first-order valence-electron chi connectivity index (χ1n) is 6.84. The van der Waals surface area contributed by atoms with Gasteiger partial charge in [0, 0.05) is 5.56 Å². The van der Waals surface area contributed by atoms with Gasteiger partial charge in [0.25, 0.3) is 5.91 Å². The Morgan fingerprint density at radius 1 is 1.43 bits per heavy atom. The fourth-order valence-electron chi connectivity index (χ4n) is 1.68. The number of amides is 1. The largest absolute Gasteiger partial charge is 0.494 e. The lowest BCUT2D eigenvalue weighted by Gasteiger charge is -2.14. The van der Waals surface area contributed by atoms with Gasteiger partial charge >= 0.3 is 5.97 Å². The van der Waals surface area contributed by atoms with Crippen molar-refractivity contribution in [2.24, 2.45) is 0 Å². The van der Waals surface area contributed by atoms with Gasteiger partial charge in [-0.25, -0.2) is 4.79 Å². The van der Waals surface area contributed by atoms with Crippen molar-refractivity contribution < 1.29 is 19.4 Å². The van der Waals surface area contributed by atoms with Gasteiger partial charge < -0.3 is 15.2 Å². The molecule has 0 spiro atoms. The van der Waals surface area contributed by atoms with E-state index < -0.39 is 17.9 Å². The Kier molecular flexibility index (Phi) is 7.68. The number of hydrogen-bond donors (Lipinski definition) is 2. The topological polar surface area (TPSA) is 75.6 Å². The second-order valence-electron chi connectivity index (χ2n) is 4.52. The third-order valence-corrected chi connectivity index (χ3v) is 3.43. The van der Waals surface area contributed by atoms with E-state index in [9.17, 15) is 9.59 Å². The third kappa shape index (κ3) is 6.08. The summed E-state index contributed by atoms with van der Waals surface area (Å²) in [5.41, 5.74) is 0.402. The maximum absolute atomic E-state index is 12.1. The SMILES string of the molecule is CCCOc1cccc(C(=O)N[C@H](CCSC)C(=O)O)c1. The van der Waals surface area contributed by atoms with Crippen LogP contribution in [0.3, 0.4) is 0 Å². The molecule has 1 rings (SSSR count). The van der Waals surface area contributed by atoms with E-state index in [1.165, 1.54) is 0 Å². The third-order valence-electron chi connectivity index (χ3n) is 2.78. The van der Waals surface area contributed by atoms with E-state index in [4.69, 9.17) is 9.84 Å². The molecule has 0 aliphatic rings. The van der Waals surface area contributed by atoms with Crippen LogP contribution in [0, 0.1) is 0 Å². The summed E-state index contributed by atoms with van der Waals surface area (Å²) in [6, 6.07) is 5.89. The summed E-state index contributed by atoms with van der Waals surface area (Å²) in [5.74, 6) is -0.126. The Morgan fingerprint density at radius 3 is 2.81 bits per heavy atom. The number of rotatable bonds is 9. The lowest BCUT2D eigenvalue weighted by Crippen LogP contribution is -2.41. The lowest BCUT2D eigenvalue weighted by atomic mass is 10.1. The number of nitrogens with one attached hydrogen (secondary N) is 1. The Balaban J connectivity index is 2.70. The van der Waals surface area contributed by atoms with Crippen LogP contribution in [0.4, 0.5) is 0 Å². The van der Waals surface area contributed by atoms with Crippen LogP contribution in [0.25, 0.3) is 0 Å². The minimum absolute atomic E-state index is 0.397. The summed E-state index contributed by atoms with van der Waals surface area (Å²) in [4.78, 5) is 23.2. The molecule has 1 amide bonds. The number of carboxylic acid groups (broad SMARTS) is 1. The highest BCUT2D eigenvalue weighted by Crippen LogP contribution is 2.14. The molecule has 0 aliphatic carbocycles. The van der Waals surface area contributed by atoms with E-state index in [1.54, 1.807) is 36.0 Å². The maximum atomic E-state index is 12.1. The quantitative estimate of drug-likeness (QED) is 0.732. The monoisotopic (exact) mass is 311 g/mol. The van der Waals surface area contributed by atoms with Gasteiger partial charge in [-0.15, -0.1) is 0 Å². The first-order valence-corrected chi connectivity index (χ1v) is 8.23. The molecule has 116 valence electrons. The van der Waals surface area contributed by atoms with Crippen molar-refractivity contribution >= 4 is 23.6 Å². The second-order valence-corrected chi connectivity index (χ2v) is 5.51. The molecule has 1 aromatic rings. The molecule has 0 saturated carbocycles. The van der Waals surface area contributed by atoms with Crippen molar-refractivity contribution in [3.63, 3.8) is 0 Å². The van der Waals surface area contributed by atoms with Gasteiger partial charge in [0.05, 0.1) is 6.61 Å². The van der Waals surface area contributed by atoms with Gasteiger partial charge in [0.1, 0.15) is 11.8 Å². The molecule has 1 atom stereocenters. The number of aliphatic carboxylic acids is 1. The van der Waals surface area contributed by atoms with Crippen LogP contribution in [0.1, 0.15) is 30.1 Å². The van der Waals surface area contributed by atoms with Crippen LogP contribution in [-0.4, -0.2) is 41.6 Å². The number of carbonyl (C=O) groups excluding carboxylic acids is 1. The molecule has 1 aromatic carbocycles. The minimum Gasteiger partial charge on any atom is -0.494 e. The highest BCUT2D eigenvalue weighted by Gasteiger charge is 2.20. The average Bonchev–Trinajstić information content (AvgIpc) is 2.49. The molecular weight excluding hydrogens is 290 g/mol. The van der Waals surface area contributed by atoms with Crippen molar-refractivity contribution in [2.45, 2.75) is 25.8 Å². The number of hydrogen-bond acceptors (Lipinski definition) is 4. The first-order chi connectivity index (χ1) is 10.1. The number of carbonyl (C=O) groups is 2. The van der Waals surface area contributed by atoms with Crippen LogP contribution in [-0.2, 0) is 4.79 Å². The van der Waals surface area contributed by atoms with E-state index in [1.807, 2.05) is 13.2 Å². The summed E-state index contributed by atoms with van der Waals surface area (Å²) in [5, 5.41) is 11.7. The second kappa shape index (κ2) is 9.28. The summed E-state index contributed by atoms with van der Waals surface area (Å²) >= 11 is 1.55. The minimum atomic E-state index is -1.02. The van der Waals surface area contributed by atoms with Crippen LogP contribution < -0.4 is 10.1 Å². The maximum Gasteiger partial charge on any atom is 0.326 e. The van der Waals surface area contributed by atoms with Gasteiger partial charge in [-0.2, -0.15) is 11.8 Å². The van der Waals surface area contributed by atoms with E-state index >= 15 is 0 Å². The predicted molar refractivity (Wildman–Crippen MR) is 84.1 cm³/mol. The van der Waals surface area contributed by atoms with Gasteiger partial charge in [-0.1, -0.05) is 13.0 Å². The molecule has 21 heavy (non-hydrogen) atoms. The fraction of sp³-hybridized carbons (Fsp3) is 0.467.